The van der Waals surface area contributed by atoms with E-state index in [0.717, 1.165) is 0 Å². The lowest BCUT2D eigenvalue weighted by Crippen LogP contribution is -2.48. The number of anilines is 1. The minimum Gasteiger partial charge on any atom is -0.372 e. The third kappa shape index (κ3) is 5.49. The molecule has 1 aliphatic rings. The number of morpholine rings is 1. The molecule has 0 saturated carbocycles. The highest BCUT2D eigenvalue weighted by atomic mass is 35.5. The van der Waals surface area contributed by atoms with E-state index in [0.29, 0.717) is 24.3 Å². The van der Waals surface area contributed by atoms with Crippen LogP contribution >= 0.6 is 12.4 Å². The van der Waals surface area contributed by atoms with Gasteiger partial charge in [-0.1, -0.05) is 0 Å². The van der Waals surface area contributed by atoms with Crippen molar-refractivity contribution in [2.45, 2.75) is 26.1 Å². The van der Waals surface area contributed by atoms with Crippen molar-refractivity contribution in [3.05, 3.63) is 29.8 Å². The van der Waals surface area contributed by atoms with Gasteiger partial charge < -0.3 is 20.3 Å². The smallest absolute Gasteiger partial charge is 0.254 e. The van der Waals surface area contributed by atoms with E-state index in [-0.39, 0.29) is 43.0 Å². The highest BCUT2D eigenvalue weighted by Crippen LogP contribution is 2.16. The van der Waals surface area contributed by atoms with Crippen LogP contribution in [0.3, 0.4) is 0 Å². The molecule has 2 atom stereocenters. The third-order valence-electron chi connectivity index (χ3n) is 3.46. The number of nitrogens with one attached hydrogen (secondary N) is 2. The molecule has 2 unspecified atom stereocenters. The first-order valence-electron chi connectivity index (χ1n) is 7.49. The quantitative estimate of drug-likeness (QED) is 0.871. The molecule has 1 fully saturated rings. The first-order chi connectivity index (χ1) is 10.5. The Morgan fingerprint density at radius 1 is 1.17 bits per heavy atom. The minimum atomic E-state index is -0.114. The predicted molar refractivity (Wildman–Crippen MR) is 92.2 cm³/mol. The summed E-state index contributed by atoms with van der Waals surface area (Å²) in [4.78, 5) is 25.8. The van der Waals surface area contributed by atoms with E-state index < -0.39 is 0 Å². The molecule has 1 aliphatic heterocycles. The highest BCUT2D eigenvalue weighted by Gasteiger charge is 2.26. The molecule has 23 heavy (non-hydrogen) atoms. The van der Waals surface area contributed by atoms with E-state index in [2.05, 4.69) is 10.6 Å². The summed E-state index contributed by atoms with van der Waals surface area (Å²) in [6.07, 6.45) is 0.0978. The summed E-state index contributed by atoms with van der Waals surface area (Å²) in [6.45, 7) is 5.39. The van der Waals surface area contributed by atoms with Gasteiger partial charge >= 0.3 is 0 Å². The van der Waals surface area contributed by atoms with Gasteiger partial charge in [0.15, 0.2) is 0 Å². The predicted octanol–water partition coefficient (Wildman–Crippen LogP) is 1.52. The Morgan fingerprint density at radius 3 is 2.26 bits per heavy atom. The fourth-order valence-electron chi connectivity index (χ4n) is 2.59. The average molecular weight is 342 g/mol. The number of carbonyl (C=O) groups is 2. The molecular weight excluding hydrogens is 318 g/mol. The number of halogens is 1. The Bertz CT molecular complexity index is 526. The molecule has 6 nitrogen and oxygen atoms in total. The fraction of sp³-hybridized carbons (Fsp3) is 0.500. The third-order valence-corrected chi connectivity index (χ3v) is 3.46. The number of benzene rings is 1. The van der Waals surface area contributed by atoms with E-state index in [4.69, 9.17) is 4.74 Å². The maximum Gasteiger partial charge on any atom is 0.254 e. The second-order valence-electron chi connectivity index (χ2n) is 5.62. The van der Waals surface area contributed by atoms with Crippen LogP contribution in [0, 0.1) is 0 Å². The van der Waals surface area contributed by atoms with Gasteiger partial charge in [0.2, 0.25) is 5.91 Å². The zero-order chi connectivity index (χ0) is 16.1. The second kappa shape index (κ2) is 8.86. The number of nitrogens with zero attached hydrogens (tertiary/aromatic N) is 1. The maximum atomic E-state index is 12.5. The molecular formula is C16H24ClN3O3. The van der Waals surface area contributed by atoms with Gasteiger partial charge in [-0.25, -0.2) is 0 Å². The normalized spacial score (nSPS) is 20.6. The SMILES string of the molecule is CNCC(=O)Nc1ccc(C(=O)N2CC(C)OC(C)C2)cc1.Cl. The van der Waals surface area contributed by atoms with Crippen LogP contribution in [-0.4, -0.2) is 55.6 Å². The standard InChI is InChI=1S/C16H23N3O3.ClH/c1-11-9-19(10-12(2)22-11)16(21)13-4-6-14(7-5-13)18-15(20)8-17-3;/h4-7,11-12,17H,8-10H2,1-3H3,(H,18,20);1H. The van der Waals surface area contributed by atoms with Crippen LogP contribution in [0.2, 0.25) is 0 Å². The summed E-state index contributed by atoms with van der Waals surface area (Å²) in [7, 11) is 1.71. The Labute approximate surface area is 143 Å². The number of rotatable bonds is 4. The Morgan fingerprint density at radius 2 is 1.74 bits per heavy atom. The van der Waals surface area contributed by atoms with E-state index in [1.807, 2.05) is 18.7 Å². The molecule has 2 rings (SSSR count). The molecule has 0 aromatic heterocycles. The molecule has 1 saturated heterocycles. The van der Waals surface area contributed by atoms with Gasteiger partial charge in [-0.3, -0.25) is 9.59 Å². The molecule has 1 aromatic rings. The van der Waals surface area contributed by atoms with E-state index in [9.17, 15) is 9.59 Å². The molecule has 0 spiro atoms. The Hall–Kier alpha value is -1.63. The molecule has 0 bridgehead atoms. The number of likely N-dealkylation sites (N-methyl/N-ethyl adjacent to an activating group) is 1. The number of hydrogen-bond acceptors (Lipinski definition) is 4. The van der Waals surface area contributed by atoms with Crippen LogP contribution in [0.4, 0.5) is 5.69 Å². The molecule has 128 valence electrons. The number of amides is 2. The molecule has 2 amide bonds. The summed E-state index contributed by atoms with van der Waals surface area (Å²) < 4.78 is 5.64. The molecule has 7 heteroatoms. The summed E-state index contributed by atoms with van der Waals surface area (Å²) in [6, 6.07) is 6.96. The molecule has 2 N–H and O–H groups in total. The zero-order valence-electron chi connectivity index (χ0n) is 13.7. The highest BCUT2D eigenvalue weighted by molar-refractivity contribution is 5.96. The Kier molecular flexibility index (Phi) is 7.48. The lowest BCUT2D eigenvalue weighted by molar-refractivity contribution is -0.115. The largest absolute Gasteiger partial charge is 0.372 e. The number of ether oxygens (including phenoxy) is 1. The van der Waals surface area contributed by atoms with Crippen molar-refractivity contribution in [1.82, 2.24) is 10.2 Å². The zero-order valence-corrected chi connectivity index (χ0v) is 14.5. The van der Waals surface area contributed by atoms with Crippen molar-refractivity contribution >= 4 is 29.9 Å². The van der Waals surface area contributed by atoms with Crippen molar-refractivity contribution < 1.29 is 14.3 Å². The number of hydrogen-bond donors (Lipinski definition) is 2. The molecule has 0 radical (unpaired) electrons. The minimum absolute atomic E-state index is 0. The summed E-state index contributed by atoms with van der Waals surface area (Å²) in [5.41, 5.74) is 1.30. The van der Waals surface area contributed by atoms with Crippen LogP contribution < -0.4 is 10.6 Å². The van der Waals surface area contributed by atoms with E-state index in [1.165, 1.54) is 0 Å². The summed E-state index contributed by atoms with van der Waals surface area (Å²) >= 11 is 0. The fourth-order valence-corrected chi connectivity index (χ4v) is 2.59. The lowest BCUT2D eigenvalue weighted by atomic mass is 10.1. The van der Waals surface area contributed by atoms with Crippen LogP contribution in [-0.2, 0) is 9.53 Å². The van der Waals surface area contributed by atoms with Crippen molar-refractivity contribution in [3.63, 3.8) is 0 Å². The van der Waals surface area contributed by atoms with E-state index >= 15 is 0 Å². The van der Waals surface area contributed by atoms with E-state index in [1.54, 1.807) is 31.3 Å². The lowest BCUT2D eigenvalue weighted by Gasteiger charge is -2.35. The van der Waals surface area contributed by atoms with Gasteiger partial charge in [-0.2, -0.15) is 0 Å². The molecule has 0 aliphatic carbocycles. The first-order valence-corrected chi connectivity index (χ1v) is 7.49. The van der Waals surface area contributed by atoms with Gasteiger partial charge in [0.1, 0.15) is 0 Å². The molecule has 1 aromatic carbocycles. The topological polar surface area (TPSA) is 70.7 Å². The monoisotopic (exact) mass is 341 g/mol. The summed E-state index contributed by atoms with van der Waals surface area (Å²) in [5, 5.41) is 5.54. The van der Waals surface area contributed by atoms with Crippen LogP contribution in [0.5, 0.6) is 0 Å². The van der Waals surface area contributed by atoms with Crippen molar-refractivity contribution in [3.8, 4) is 0 Å². The van der Waals surface area contributed by atoms with Crippen molar-refractivity contribution in [2.75, 3.05) is 32.0 Å². The van der Waals surface area contributed by atoms with Crippen LogP contribution in [0.15, 0.2) is 24.3 Å². The maximum absolute atomic E-state index is 12.5. The van der Waals surface area contributed by atoms with Crippen molar-refractivity contribution in [1.29, 1.82) is 0 Å². The average Bonchev–Trinajstić information content (AvgIpc) is 2.46. The second-order valence-corrected chi connectivity index (χ2v) is 5.62. The van der Waals surface area contributed by atoms with Crippen molar-refractivity contribution in [2.24, 2.45) is 0 Å². The Balaban J connectivity index is 0.00000264. The van der Waals surface area contributed by atoms with Gasteiger partial charge in [0.05, 0.1) is 18.8 Å². The van der Waals surface area contributed by atoms with Gasteiger partial charge in [0, 0.05) is 24.3 Å². The summed E-state index contributed by atoms with van der Waals surface area (Å²) in [5.74, 6) is -0.118. The molecule has 1 heterocycles. The number of carbonyl (C=O) groups excluding carboxylic acids is 2. The van der Waals surface area contributed by atoms with Gasteiger partial charge in [0.25, 0.3) is 5.91 Å². The van der Waals surface area contributed by atoms with Gasteiger partial charge in [-0.15, -0.1) is 12.4 Å². The van der Waals surface area contributed by atoms with Crippen LogP contribution in [0.25, 0.3) is 0 Å². The van der Waals surface area contributed by atoms with Gasteiger partial charge in [-0.05, 0) is 45.2 Å². The van der Waals surface area contributed by atoms with Crippen LogP contribution in [0.1, 0.15) is 24.2 Å². The first kappa shape index (κ1) is 19.4.